The minimum Gasteiger partial charge on any atom is -0.377 e. The van der Waals surface area contributed by atoms with Gasteiger partial charge in [-0.15, -0.1) is 0 Å². The Bertz CT molecular complexity index is 354. The van der Waals surface area contributed by atoms with Gasteiger partial charge in [0.25, 0.3) is 0 Å². The molecule has 0 saturated carbocycles. The average Bonchev–Trinajstić information content (AvgIpc) is 2.89. The van der Waals surface area contributed by atoms with Crippen LogP contribution >= 0.6 is 0 Å². The summed E-state index contributed by atoms with van der Waals surface area (Å²) in [5.74, 6) is 0. The molecular weight excluding hydrogens is 214 g/mol. The third-order valence-electron chi connectivity index (χ3n) is 3.35. The Morgan fingerprint density at radius 1 is 1.59 bits per heavy atom. The van der Waals surface area contributed by atoms with Crippen LogP contribution in [0.15, 0.2) is 6.20 Å². The van der Waals surface area contributed by atoms with E-state index in [0.29, 0.717) is 12.1 Å². The molecule has 0 aliphatic carbocycles. The van der Waals surface area contributed by atoms with Crippen LogP contribution in [0.4, 0.5) is 0 Å². The topological polar surface area (TPSA) is 39.1 Å². The van der Waals surface area contributed by atoms with E-state index >= 15 is 0 Å². The second-order valence-electron chi connectivity index (χ2n) is 5.06. The van der Waals surface area contributed by atoms with Crippen LogP contribution in [0.5, 0.6) is 0 Å². The van der Waals surface area contributed by atoms with Crippen LogP contribution in [0, 0.1) is 6.92 Å². The van der Waals surface area contributed by atoms with Crippen molar-refractivity contribution < 1.29 is 4.74 Å². The smallest absolute Gasteiger partial charge is 0.0700 e. The predicted octanol–water partition coefficient (Wildman–Crippen LogP) is 2.04. The Morgan fingerprint density at radius 3 is 3.00 bits per heavy atom. The molecule has 1 unspecified atom stereocenters. The zero-order chi connectivity index (χ0) is 12.3. The molecule has 0 aromatic carbocycles. The fraction of sp³-hybridized carbons (Fsp3) is 0.769. The summed E-state index contributed by atoms with van der Waals surface area (Å²) in [6, 6.07) is 0.432. The Kier molecular flexibility index (Phi) is 4.18. The van der Waals surface area contributed by atoms with Gasteiger partial charge in [0.2, 0.25) is 0 Å². The Hall–Kier alpha value is -0.870. The van der Waals surface area contributed by atoms with Gasteiger partial charge in [-0.2, -0.15) is 5.10 Å². The van der Waals surface area contributed by atoms with Gasteiger partial charge in [0, 0.05) is 37.0 Å². The van der Waals surface area contributed by atoms with Gasteiger partial charge in [0.1, 0.15) is 0 Å². The minimum absolute atomic E-state index is 0.412. The minimum atomic E-state index is 0.412. The first-order valence-electron chi connectivity index (χ1n) is 6.53. The van der Waals surface area contributed by atoms with Crippen molar-refractivity contribution >= 4 is 0 Å². The van der Waals surface area contributed by atoms with Gasteiger partial charge in [-0.3, -0.25) is 4.68 Å². The highest BCUT2D eigenvalue weighted by atomic mass is 16.5. The number of nitrogens with zero attached hydrogens (tertiary/aromatic N) is 2. The third-order valence-corrected chi connectivity index (χ3v) is 3.35. The fourth-order valence-corrected chi connectivity index (χ4v) is 2.33. The number of hydrogen-bond acceptors (Lipinski definition) is 3. The number of rotatable bonds is 5. The monoisotopic (exact) mass is 237 g/mol. The number of hydrogen-bond donors (Lipinski definition) is 1. The first-order valence-corrected chi connectivity index (χ1v) is 6.53. The number of nitrogens with one attached hydrogen (secondary N) is 1. The van der Waals surface area contributed by atoms with Gasteiger partial charge in [0.05, 0.1) is 12.3 Å². The summed E-state index contributed by atoms with van der Waals surface area (Å²) in [7, 11) is 0. The van der Waals surface area contributed by atoms with Gasteiger partial charge in [-0.1, -0.05) is 0 Å². The van der Waals surface area contributed by atoms with Gasteiger partial charge in [-0.05, 0) is 33.6 Å². The van der Waals surface area contributed by atoms with E-state index in [-0.39, 0.29) is 0 Å². The second-order valence-corrected chi connectivity index (χ2v) is 5.06. The molecule has 1 N–H and O–H groups in total. The maximum absolute atomic E-state index is 5.58. The maximum atomic E-state index is 5.58. The summed E-state index contributed by atoms with van der Waals surface area (Å²) < 4.78 is 7.65. The number of aromatic nitrogens is 2. The summed E-state index contributed by atoms with van der Waals surface area (Å²) in [6.07, 6.45) is 4.78. The molecule has 17 heavy (non-hydrogen) atoms. The van der Waals surface area contributed by atoms with Crippen molar-refractivity contribution in [2.24, 2.45) is 0 Å². The van der Waals surface area contributed by atoms with Crippen molar-refractivity contribution in [2.75, 3.05) is 13.2 Å². The molecule has 2 heterocycles. The van der Waals surface area contributed by atoms with Crippen LogP contribution in [-0.4, -0.2) is 29.0 Å². The molecule has 0 amide bonds. The van der Waals surface area contributed by atoms with Crippen LogP contribution in [0.1, 0.15) is 44.0 Å². The molecule has 4 heteroatoms. The van der Waals surface area contributed by atoms with Gasteiger partial charge in [0.15, 0.2) is 0 Å². The Labute approximate surface area is 103 Å². The molecule has 4 nitrogen and oxygen atoms in total. The van der Waals surface area contributed by atoms with Crippen molar-refractivity contribution in [1.82, 2.24) is 15.1 Å². The van der Waals surface area contributed by atoms with E-state index in [1.54, 1.807) is 0 Å². The van der Waals surface area contributed by atoms with Gasteiger partial charge < -0.3 is 10.1 Å². The summed E-state index contributed by atoms with van der Waals surface area (Å²) in [4.78, 5) is 0. The lowest BCUT2D eigenvalue weighted by molar-refractivity contribution is 0.110. The largest absolute Gasteiger partial charge is 0.377 e. The molecule has 0 spiro atoms. The Balaban J connectivity index is 1.82. The van der Waals surface area contributed by atoms with Crippen molar-refractivity contribution in [3.63, 3.8) is 0 Å². The van der Waals surface area contributed by atoms with E-state index in [1.807, 2.05) is 6.20 Å². The van der Waals surface area contributed by atoms with Crippen molar-refractivity contribution in [2.45, 2.75) is 52.3 Å². The quantitative estimate of drug-likeness (QED) is 0.852. The van der Waals surface area contributed by atoms with E-state index in [0.717, 1.165) is 19.7 Å². The second kappa shape index (κ2) is 5.65. The summed E-state index contributed by atoms with van der Waals surface area (Å²) in [5.41, 5.74) is 2.55. The molecule has 1 atom stereocenters. The molecule has 1 aliphatic heterocycles. The SMILES string of the molecule is Cc1c(CNCC2CCCO2)cnn1C(C)C. The average molecular weight is 237 g/mol. The van der Waals surface area contributed by atoms with Gasteiger partial charge in [-0.25, -0.2) is 0 Å². The van der Waals surface area contributed by atoms with Crippen LogP contribution in [0.2, 0.25) is 0 Å². The van der Waals surface area contributed by atoms with E-state index in [4.69, 9.17) is 4.74 Å². The maximum Gasteiger partial charge on any atom is 0.0700 e. The molecule has 1 saturated heterocycles. The van der Waals surface area contributed by atoms with Crippen LogP contribution in [-0.2, 0) is 11.3 Å². The molecular formula is C13H23N3O. The highest BCUT2D eigenvalue weighted by molar-refractivity contribution is 5.16. The van der Waals surface area contributed by atoms with Crippen LogP contribution in [0.3, 0.4) is 0 Å². The molecule has 2 rings (SSSR count). The lowest BCUT2D eigenvalue weighted by atomic mass is 10.2. The first kappa shape index (κ1) is 12.6. The Morgan fingerprint density at radius 2 is 2.41 bits per heavy atom. The highest BCUT2D eigenvalue weighted by Crippen LogP contribution is 2.13. The van der Waals surface area contributed by atoms with Crippen LogP contribution in [0.25, 0.3) is 0 Å². The van der Waals surface area contributed by atoms with Crippen LogP contribution < -0.4 is 5.32 Å². The fourth-order valence-electron chi connectivity index (χ4n) is 2.33. The normalized spacial score (nSPS) is 20.4. The van der Waals surface area contributed by atoms with Crippen molar-refractivity contribution in [3.05, 3.63) is 17.5 Å². The molecule has 96 valence electrons. The molecule has 1 aliphatic rings. The summed E-state index contributed by atoms with van der Waals surface area (Å²) >= 11 is 0. The molecule has 0 radical (unpaired) electrons. The molecule has 1 aromatic heterocycles. The molecule has 0 bridgehead atoms. The van der Waals surface area contributed by atoms with Crippen molar-refractivity contribution in [3.8, 4) is 0 Å². The van der Waals surface area contributed by atoms with E-state index < -0.39 is 0 Å². The lowest BCUT2D eigenvalue weighted by Gasteiger charge is -2.11. The highest BCUT2D eigenvalue weighted by Gasteiger charge is 2.15. The van der Waals surface area contributed by atoms with Crippen molar-refractivity contribution in [1.29, 1.82) is 0 Å². The zero-order valence-corrected chi connectivity index (χ0v) is 11.1. The first-order chi connectivity index (χ1) is 8.18. The summed E-state index contributed by atoms with van der Waals surface area (Å²) in [6.45, 7) is 9.21. The zero-order valence-electron chi connectivity index (χ0n) is 11.1. The molecule has 1 fully saturated rings. The summed E-state index contributed by atoms with van der Waals surface area (Å²) in [5, 5.41) is 7.87. The number of ether oxygens (including phenoxy) is 1. The van der Waals surface area contributed by atoms with E-state index in [1.165, 1.54) is 24.1 Å². The standard InChI is InChI=1S/C13H23N3O/c1-10(2)16-11(3)12(8-15-16)7-14-9-13-5-4-6-17-13/h8,10,13-14H,4-7,9H2,1-3H3. The van der Waals surface area contributed by atoms with Gasteiger partial charge >= 0.3 is 0 Å². The molecule has 1 aromatic rings. The predicted molar refractivity (Wildman–Crippen MR) is 68.0 cm³/mol. The lowest BCUT2D eigenvalue weighted by Crippen LogP contribution is -2.26. The van der Waals surface area contributed by atoms with E-state index in [2.05, 4.69) is 35.9 Å². The van der Waals surface area contributed by atoms with E-state index in [9.17, 15) is 0 Å². The third kappa shape index (κ3) is 3.07.